The Bertz CT molecular complexity index is 698. The zero-order chi connectivity index (χ0) is 17.5. The van der Waals surface area contributed by atoms with Crippen LogP contribution in [0, 0.1) is 20.8 Å². The van der Waals surface area contributed by atoms with E-state index in [0.29, 0.717) is 19.7 Å². The van der Waals surface area contributed by atoms with Crippen LogP contribution in [0.15, 0.2) is 42.5 Å². The molecule has 2 rings (SSSR count). The lowest BCUT2D eigenvalue weighted by Crippen LogP contribution is -2.33. The average Bonchev–Trinajstić information content (AvgIpc) is 2.53. The van der Waals surface area contributed by atoms with Crippen molar-refractivity contribution in [2.24, 2.45) is 0 Å². The number of carbonyl (C=O) groups is 1. The second-order valence-corrected chi connectivity index (χ2v) is 6.15. The predicted octanol–water partition coefficient (Wildman–Crippen LogP) is 3.56. The number of rotatable bonds is 7. The molecule has 0 saturated heterocycles. The molecule has 0 unspecified atom stereocenters. The van der Waals surface area contributed by atoms with Crippen LogP contribution >= 0.6 is 0 Å². The molecule has 128 valence electrons. The maximum atomic E-state index is 12.2. The molecule has 0 bridgehead atoms. The molecule has 0 aliphatic rings. The lowest BCUT2D eigenvalue weighted by molar-refractivity contribution is -0.117. The summed E-state index contributed by atoms with van der Waals surface area (Å²) in [5.74, 6) is 0.882. The molecule has 0 aliphatic carbocycles. The lowest BCUT2D eigenvalue weighted by Gasteiger charge is -2.18. The van der Waals surface area contributed by atoms with Crippen LogP contribution in [0.4, 0.5) is 5.69 Å². The molecule has 0 radical (unpaired) electrons. The molecule has 4 nitrogen and oxygen atoms in total. The normalized spacial score (nSPS) is 10.7. The summed E-state index contributed by atoms with van der Waals surface area (Å²) >= 11 is 0. The minimum Gasteiger partial charge on any atom is -0.492 e. The minimum atomic E-state index is -0.0120. The van der Waals surface area contributed by atoms with Gasteiger partial charge in [0.15, 0.2) is 0 Å². The molecule has 24 heavy (non-hydrogen) atoms. The number of amides is 1. The number of carbonyl (C=O) groups excluding carboxylic acids is 1. The van der Waals surface area contributed by atoms with Crippen molar-refractivity contribution >= 4 is 11.6 Å². The number of hydrogen-bond acceptors (Lipinski definition) is 3. The number of nitrogens with zero attached hydrogens (tertiary/aromatic N) is 1. The van der Waals surface area contributed by atoms with Crippen LogP contribution < -0.4 is 10.1 Å². The van der Waals surface area contributed by atoms with E-state index in [9.17, 15) is 4.79 Å². The summed E-state index contributed by atoms with van der Waals surface area (Å²) in [4.78, 5) is 14.1. The molecule has 2 aromatic rings. The predicted molar refractivity (Wildman–Crippen MR) is 98.7 cm³/mol. The Balaban J connectivity index is 1.77. The number of ether oxygens (including phenoxy) is 1. The summed E-state index contributed by atoms with van der Waals surface area (Å²) in [5.41, 5.74) is 4.28. The van der Waals surface area contributed by atoms with Crippen molar-refractivity contribution in [3.05, 3.63) is 59.2 Å². The van der Waals surface area contributed by atoms with E-state index in [2.05, 4.69) is 5.32 Å². The first kappa shape index (κ1) is 18.0. The number of anilines is 1. The fourth-order valence-corrected chi connectivity index (χ4v) is 2.43. The van der Waals surface area contributed by atoms with Crippen LogP contribution in [0.5, 0.6) is 5.75 Å². The highest BCUT2D eigenvalue weighted by molar-refractivity contribution is 5.93. The smallest absolute Gasteiger partial charge is 0.238 e. The van der Waals surface area contributed by atoms with E-state index in [-0.39, 0.29) is 5.91 Å². The van der Waals surface area contributed by atoms with Gasteiger partial charge in [-0.15, -0.1) is 0 Å². The van der Waals surface area contributed by atoms with Gasteiger partial charge in [-0.25, -0.2) is 0 Å². The monoisotopic (exact) mass is 326 g/mol. The largest absolute Gasteiger partial charge is 0.492 e. The van der Waals surface area contributed by atoms with E-state index in [1.54, 1.807) is 0 Å². The van der Waals surface area contributed by atoms with Gasteiger partial charge in [-0.05, 0) is 56.6 Å². The van der Waals surface area contributed by atoms with Crippen molar-refractivity contribution in [2.75, 3.05) is 32.1 Å². The SMILES string of the molecule is Cc1ccccc1OCCN(C)CC(=O)Nc1cccc(C)c1C. The molecule has 2 aromatic carbocycles. The fraction of sp³-hybridized carbons (Fsp3) is 0.350. The zero-order valence-corrected chi connectivity index (χ0v) is 14.9. The zero-order valence-electron chi connectivity index (χ0n) is 14.9. The van der Waals surface area contributed by atoms with Crippen molar-refractivity contribution in [1.82, 2.24) is 4.90 Å². The topological polar surface area (TPSA) is 41.6 Å². The number of likely N-dealkylation sites (N-methyl/N-ethyl adjacent to an activating group) is 1. The van der Waals surface area contributed by atoms with Crippen LogP contribution in [-0.2, 0) is 4.79 Å². The Labute approximate surface area is 144 Å². The number of para-hydroxylation sites is 1. The van der Waals surface area contributed by atoms with Gasteiger partial charge in [0.2, 0.25) is 5.91 Å². The van der Waals surface area contributed by atoms with Gasteiger partial charge in [0.05, 0.1) is 6.54 Å². The van der Waals surface area contributed by atoms with Crippen LogP contribution in [0.2, 0.25) is 0 Å². The molecule has 0 heterocycles. The first-order chi connectivity index (χ1) is 11.5. The summed E-state index contributed by atoms with van der Waals surface area (Å²) < 4.78 is 5.77. The van der Waals surface area contributed by atoms with Gasteiger partial charge in [0.25, 0.3) is 0 Å². The third-order valence-corrected chi connectivity index (χ3v) is 4.12. The van der Waals surface area contributed by atoms with Gasteiger partial charge >= 0.3 is 0 Å². The molecule has 0 saturated carbocycles. The summed E-state index contributed by atoms with van der Waals surface area (Å²) in [6.07, 6.45) is 0. The quantitative estimate of drug-likeness (QED) is 0.846. The average molecular weight is 326 g/mol. The Hall–Kier alpha value is -2.33. The van der Waals surface area contributed by atoms with Crippen LogP contribution in [0.3, 0.4) is 0 Å². The van der Waals surface area contributed by atoms with E-state index in [1.807, 2.05) is 75.2 Å². The maximum Gasteiger partial charge on any atom is 0.238 e. The van der Waals surface area contributed by atoms with Crippen molar-refractivity contribution in [1.29, 1.82) is 0 Å². The highest BCUT2D eigenvalue weighted by atomic mass is 16.5. The summed E-state index contributed by atoms with van der Waals surface area (Å²) in [5, 5.41) is 2.98. The van der Waals surface area contributed by atoms with Gasteiger partial charge in [0.1, 0.15) is 12.4 Å². The van der Waals surface area contributed by atoms with E-state index >= 15 is 0 Å². The number of nitrogens with one attached hydrogen (secondary N) is 1. The van der Waals surface area contributed by atoms with Gasteiger partial charge in [-0.3, -0.25) is 9.69 Å². The van der Waals surface area contributed by atoms with Crippen molar-refractivity contribution in [3.63, 3.8) is 0 Å². The first-order valence-corrected chi connectivity index (χ1v) is 8.20. The highest BCUT2D eigenvalue weighted by Crippen LogP contribution is 2.18. The van der Waals surface area contributed by atoms with Gasteiger partial charge in [-0.1, -0.05) is 30.3 Å². The minimum absolute atomic E-state index is 0.0120. The number of hydrogen-bond donors (Lipinski definition) is 1. The number of aryl methyl sites for hydroxylation is 2. The summed E-state index contributed by atoms with van der Waals surface area (Å²) in [6.45, 7) is 7.67. The first-order valence-electron chi connectivity index (χ1n) is 8.20. The van der Waals surface area contributed by atoms with Crippen LogP contribution in [0.25, 0.3) is 0 Å². The molecule has 0 atom stereocenters. The van der Waals surface area contributed by atoms with Crippen molar-refractivity contribution < 1.29 is 9.53 Å². The van der Waals surface area contributed by atoms with Crippen LogP contribution in [0.1, 0.15) is 16.7 Å². The second kappa shape index (κ2) is 8.50. The Kier molecular flexibility index (Phi) is 6.38. The molecule has 0 fully saturated rings. The van der Waals surface area contributed by atoms with E-state index < -0.39 is 0 Å². The Morgan fingerprint density at radius 3 is 2.50 bits per heavy atom. The van der Waals surface area contributed by atoms with Crippen molar-refractivity contribution in [3.8, 4) is 5.75 Å². The second-order valence-electron chi connectivity index (χ2n) is 6.15. The molecule has 0 aliphatic heterocycles. The maximum absolute atomic E-state index is 12.2. The molecule has 0 aromatic heterocycles. The molecule has 4 heteroatoms. The summed E-state index contributed by atoms with van der Waals surface area (Å²) in [6, 6.07) is 13.9. The molecule has 1 N–H and O–H groups in total. The standard InChI is InChI=1S/C20H26N2O2/c1-15-9-7-10-18(17(15)3)21-20(23)14-22(4)12-13-24-19-11-6-5-8-16(19)2/h5-11H,12-14H2,1-4H3,(H,21,23). The van der Waals surface area contributed by atoms with Gasteiger partial charge < -0.3 is 10.1 Å². The Morgan fingerprint density at radius 1 is 1.04 bits per heavy atom. The Morgan fingerprint density at radius 2 is 1.75 bits per heavy atom. The highest BCUT2D eigenvalue weighted by Gasteiger charge is 2.09. The van der Waals surface area contributed by atoms with Crippen LogP contribution in [-0.4, -0.2) is 37.6 Å². The third kappa shape index (κ3) is 5.10. The molecular formula is C20H26N2O2. The molecule has 1 amide bonds. The van der Waals surface area contributed by atoms with Gasteiger partial charge in [-0.2, -0.15) is 0 Å². The van der Waals surface area contributed by atoms with E-state index in [4.69, 9.17) is 4.74 Å². The van der Waals surface area contributed by atoms with E-state index in [0.717, 1.165) is 22.6 Å². The number of benzene rings is 2. The van der Waals surface area contributed by atoms with Crippen molar-refractivity contribution in [2.45, 2.75) is 20.8 Å². The molecule has 0 spiro atoms. The third-order valence-electron chi connectivity index (χ3n) is 4.12. The van der Waals surface area contributed by atoms with Gasteiger partial charge in [0, 0.05) is 12.2 Å². The fourth-order valence-electron chi connectivity index (χ4n) is 2.43. The van der Waals surface area contributed by atoms with E-state index in [1.165, 1.54) is 5.56 Å². The summed E-state index contributed by atoms with van der Waals surface area (Å²) in [7, 11) is 1.92. The molecular weight excluding hydrogens is 300 g/mol. The lowest BCUT2D eigenvalue weighted by atomic mass is 10.1.